The summed E-state index contributed by atoms with van der Waals surface area (Å²) >= 11 is 7.61. The summed E-state index contributed by atoms with van der Waals surface area (Å²) in [7, 11) is 1.51. The Kier molecular flexibility index (Phi) is 6.34. The Hall–Kier alpha value is -2.54. The third-order valence-corrected chi connectivity index (χ3v) is 5.12. The molecule has 0 bridgehead atoms. The van der Waals surface area contributed by atoms with Gasteiger partial charge >= 0.3 is 6.03 Å². The van der Waals surface area contributed by atoms with Crippen molar-refractivity contribution >= 4 is 34.7 Å². The zero-order valence-corrected chi connectivity index (χ0v) is 16.2. The quantitative estimate of drug-likeness (QED) is 0.547. The number of rotatable bonds is 6. The summed E-state index contributed by atoms with van der Waals surface area (Å²) < 4.78 is 5.19. The highest BCUT2D eigenvalue weighted by Crippen LogP contribution is 2.28. The third-order valence-electron chi connectivity index (χ3n) is 3.97. The fraction of sp³-hybridized carbons (Fsp3) is 0.150. The molecule has 0 aliphatic heterocycles. The molecule has 27 heavy (non-hydrogen) atoms. The predicted molar refractivity (Wildman–Crippen MR) is 110 cm³/mol. The number of hydrogen-bond acceptors (Lipinski definition) is 4. The van der Waals surface area contributed by atoms with Crippen LogP contribution in [0.25, 0.3) is 10.4 Å². The molecule has 2 amide bonds. The number of nitrogens with one attached hydrogen (secondary N) is 2. The van der Waals surface area contributed by atoms with Crippen LogP contribution in [0.5, 0.6) is 5.75 Å². The molecule has 2 aromatic carbocycles. The molecule has 7 heteroatoms. The van der Waals surface area contributed by atoms with Gasteiger partial charge in [-0.3, -0.25) is 0 Å². The molecule has 3 N–H and O–H groups in total. The first-order valence-electron chi connectivity index (χ1n) is 8.27. The number of aliphatic hydroxyl groups is 1. The van der Waals surface area contributed by atoms with Crippen molar-refractivity contribution in [3.05, 3.63) is 70.6 Å². The lowest BCUT2D eigenvalue weighted by Crippen LogP contribution is -2.32. The average Bonchev–Trinajstić information content (AvgIpc) is 3.21. The molecule has 0 radical (unpaired) electrons. The lowest BCUT2D eigenvalue weighted by Gasteiger charge is -2.15. The van der Waals surface area contributed by atoms with Crippen molar-refractivity contribution in [1.82, 2.24) is 5.32 Å². The van der Waals surface area contributed by atoms with Crippen LogP contribution < -0.4 is 15.4 Å². The number of urea groups is 1. The standard InChI is InChI=1S/C20H19ClN2O3S/c1-26-18-9-8-15(21)11-16(18)23-20(25)22-12-17(24)13-4-6-14(7-5-13)19-3-2-10-27-19/h2-11,17,24H,12H2,1H3,(H2,22,23,25). The molecule has 1 atom stereocenters. The van der Waals surface area contributed by atoms with Gasteiger partial charge in [0, 0.05) is 16.4 Å². The van der Waals surface area contributed by atoms with E-state index in [4.69, 9.17) is 16.3 Å². The number of carbonyl (C=O) groups excluding carboxylic acids is 1. The van der Waals surface area contributed by atoms with E-state index in [0.717, 1.165) is 11.1 Å². The summed E-state index contributed by atoms with van der Waals surface area (Å²) in [5.74, 6) is 0.499. The lowest BCUT2D eigenvalue weighted by molar-refractivity contribution is 0.175. The van der Waals surface area contributed by atoms with Crippen molar-refractivity contribution in [3.8, 4) is 16.2 Å². The Morgan fingerprint density at radius 1 is 1.22 bits per heavy atom. The number of carbonyl (C=O) groups is 1. The van der Waals surface area contributed by atoms with Crippen molar-refractivity contribution in [2.45, 2.75) is 6.10 Å². The van der Waals surface area contributed by atoms with Crippen LogP contribution in [-0.2, 0) is 0 Å². The van der Waals surface area contributed by atoms with Gasteiger partial charge in [-0.25, -0.2) is 4.79 Å². The van der Waals surface area contributed by atoms with E-state index in [-0.39, 0.29) is 6.54 Å². The van der Waals surface area contributed by atoms with Gasteiger partial charge in [0.1, 0.15) is 5.75 Å². The molecule has 1 aromatic heterocycles. The summed E-state index contributed by atoms with van der Waals surface area (Å²) in [6.45, 7) is 0.0765. The summed E-state index contributed by atoms with van der Waals surface area (Å²) in [6, 6.07) is 16.2. The van der Waals surface area contributed by atoms with Crippen LogP contribution in [0.4, 0.5) is 10.5 Å². The van der Waals surface area contributed by atoms with Crippen LogP contribution >= 0.6 is 22.9 Å². The van der Waals surface area contributed by atoms with Crippen LogP contribution in [0, 0.1) is 0 Å². The zero-order valence-electron chi connectivity index (χ0n) is 14.6. The van der Waals surface area contributed by atoms with Gasteiger partial charge in [0.05, 0.1) is 18.9 Å². The van der Waals surface area contributed by atoms with E-state index in [1.807, 2.05) is 41.8 Å². The lowest BCUT2D eigenvalue weighted by atomic mass is 10.1. The van der Waals surface area contributed by atoms with Crippen molar-refractivity contribution in [3.63, 3.8) is 0 Å². The first-order chi connectivity index (χ1) is 13.1. The SMILES string of the molecule is COc1ccc(Cl)cc1NC(=O)NCC(O)c1ccc(-c2cccs2)cc1. The maximum absolute atomic E-state index is 12.1. The number of amides is 2. The van der Waals surface area contributed by atoms with E-state index in [2.05, 4.69) is 10.6 Å². The van der Waals surface area contributed by atoms with Crippen molar-refractivity contribution in [2.75, 3.05) is 19.0 Å². The Bertz CT molecular complexity index is 898. The molecule has 0 aliphatic rings. The Morgan fingerprint density at radius 2 is 2.00 bits per heavy atom. The second-order valence-corrected chi connectivity index (χ2v) is 7.18. The van der Waals surface area contributed by atoms with Gasteiger partial charge in [0.2, 0.25) is 0 Å². The highest BCUT2D eigenvalue weighted by atomic mass is 35.5. The molecule has 1 heterocycles. The van der Waals surface area contributed by atoms with Gasteiger partial charge in [0.25, 0.3) is 0 Å². The molecule has 0 saturated heterocycles. The Morgan fingerprint density at radius 3 is 2.67 bits per heavy atom. The van der Waals surface area contributed by atoms with Crippen molar-refractivity contribution in [2.24, 2.45) is 0 Å². The molecule has 0 aliphatic carbocycles. The van der Waals surface area contributed by atoms with Crippen LogP contribution in [0.2, 0.25) is 5.02 Å². The maximum Gasteiger partial charge on any atom is 0.319 e. The van der Waals surface area contributed by atoms with E-state index in [1.165, 1.54) is 12.0 Å². The number of thiophene rings is 1. The van der Waals surface area contributed by atoms with E-state index in [0.29, 0.717) is 16.5 Å². The van der Waals surface area contributed by atoms with Crippen LogP contribution in [-0.4, -0.2) is 24.8 Å². The third kappa shape index (κ3) is 5.01. The molecule has 1 unspecified atom stereocenters. The summed E-state index contributed by atoms with van der Waals surface area (Å²) in [4.78, 5) is 13.3. The summed E-state index contributed by atoms with van der Waals surface area (Å²) in [6.07, 6.45) is -0.811. The normalized spacial score (nSPS) is 11.7. The Labute approximate surface area is 166 Å². The van der Waals surface area contributed by atoms with Gasteiger partial charge in [0.15, 0.2) is 0 Å². The fourth-order valence-corrected chi connectivity index (χ4v) is 3.47. The van der Waals surface area contributed by atoms with Gasteiger partial charge in [-0.2, -0.15) is 0 Å². The minimum atomic E-state index is -0.811. The molecule has 140 valence electrons. The Balaban J connectivity index is 1.56. The van der Waals surface area contributed by atoms with Crippen molar-refractivity contribution in [1.29, 1.82) is 0 Å². The number of methoxy groups -OCH3 is 1. The predicted octanol–water partition coefficient (Wildman–Crippen LogP) is 4.93. The molecule has 5 nitrogen and oxygen atoms in total. The van der Waals surface area contributed by atoms with E-state index in [9.17, 15) is 9.90 Å². The number of benzene rings is 2. The van der Waals surface area contributed by atoms with Crippen LogP contribution in [0.1, 0.15) is 11.7 Å². The van der Waals surface area contributed by atoms with Crippen LogP contribution in [0.15, 0.2) is 60.0 Å². The monoisotopic (exact) mass is 402 g/mol. The molecule has 3 rings (SSSR count). The highest BCUT2D eigenvalue weighted by molar-refractivity contribution is 7.13. The first kappa shape index (κ1) is 19.2. The van der Waals surface area contributed by atoms with E-state index in [1.54, 1.807) is 29.5 Å². The number of anilines is 1. The molecule has 0 fully saturated rings. The van der Waals surface area contributed by atoms with Gasteiger partial charge in [-0.05, 0) is 40.8 Å². The molecule has 0 spiro atoms. The molecule has 3 aromatic rings. The smallest absolute Gasteiger partial charge is 0.319 e. The zero-order chi connectivity index (χ0) is 19.2. The minimum Gasteiger partial charge on any atom is -0.495 e. The van der Waals surface area contributed by atoms with Crippen molar-refractivity contribution < 1.29 is 14.6 Å². The molecular formula is C20H19ClN2O3S. The summed E-state index contributed by atoms with van der Waals surface area (Å²) in [5.41, 5.74) is 2.29. The van der Waals surface area contributed by atoms with E-state index < -0.39 is 12.1 Å². The van der Waals surface area contributed by atoms with Gasteiger partial charge < -0.3 is 20.5 Å². The largest absolute Gasteiger partial charge is 0.495 e. The van der Waals surface area contributed by atoms with Gasteiger partial charge in [-0.1, -0.05) is 41.9 Å². The number of halogens is 1. The van der Waals surface area contributed by atoms with Gasteiger partial charge in [-0.15, -0.1) is 11.3 Å². The first-order valence-corrected chi connectivity index (χ1v) is 9.53. The average molecular weight is 403 g/mol. The topological polar surface area (TPSA) is 70.6 Å². The second-order valence-electron chi connectivity index (χ2n) is 5.79. The number of hydrogen-bond donors (Lipinski definition) is 3. The van der Waals surface area contributed by atoms with Crippen LogP contribution in [0.3, 0.4) is 0 Å². The molecular weight excluding hydrogens is 384 g/mol. The highest BCUT2D eigenvalue weighted by Gasteiger charge is 2.12. The second kappa shape index (κ2) is 8.90. The molecule has 0 saturated carbocycles. The fourth-order valence-electron chi connectivity index (χ4n) is 2.56. The number of aliphatic hydroxyl groups excluding tert-OH is 1. The number of ether oxygens (including phenoxy) is 1. The van der Waals surface area contributed by atoms with E-state index >= 15 is 0 Å². The maximum atomic E-state index is 12.1. The minimum absolute atomic E-state index is 0.0765. The summed E-state index contributed by atoms with van der Waals surface area (Å²) in [5, 5.41) is 18.1.